The molecule has 4 heteroatoms. The summed E-state index contributed by atoms with van der Waals surface area (Å²) in [6.07, 6.45) is 6.01. The number of nitrogens with two attached hydrogens (primary N) is 2. The van der Waals surface area contributed by atoms with Gasteiger partial charge in [-0.15, -0.1) is 0 Å². The van der Waals surface area contributed by atoms with Gasteiger partial charge < -0.3 is 11.5 Å². The van der Waals surface area contributed by atoms with Crippen molar-refractivity contribution in [2.45, 2.75) is 38.0 Å². The Balaban J connectivity index is 2.48. The van der Waals surface area contributed by atoms with Crippen molar-refractivity contribution < 1.29 is 4.79 Å². The number of amides is 1. The van der Waals surface area contributed by atoms with Gasteiger partial charge in [0, 0.05) is 11.1 Å². The maximum absolute atomic E-state index is 11.5. The Bertz CT molecular complexity index is 479. The molecule has 0 radical (unpaired) electrons. The van der Waals surface area contributed by atoms with Crippen LogP contribution in [-0.4, -0.2) is 10.9 Å². The Labute approximate surface area is 113 Å². The second kappa shape index (κ2) is 5.48. The van der Waals surface area contributed by atoms with Crippen molar-refractivity contribution in [3.63, 3.8) is 0 Å². The van der Waals surface area contributed by atoms with Gasteiger partial charge in [-0.1, -0.05) is 43.6 Å². The molecule has 1 aliphatic rings. The molecule has 1 fully saturated rings. The van der Waals surface area contributed by atoms with Crippen LogP contribution in [0.15, 0.2) is 18.2 Å². The van der Waals surface area contributed by atoms with Gasteiger partial charge in [-0.2, -0.15) is 0 Å². The molecule has 0 unspecified atom stereocenters. The lowest BCUT2D eigenvalue weighted by atomic mass is 9.81. The largest absolute Gasteiger partial charge is 0.389 e. The fraction of sp³-hybridized carbons (Fsp3) is 0.429. The van der Waals surface area contributed by atoms with E-state index in [0.717, 1.165) is 18.4 Å². The van der Waals surface area contributed by atoms with Crippen molar-refractivity contribution >= 4 is 23.1 Å². The van der Waals surface area contributed by atoms with Crippen molar-refractivity contribution in [1.29, 1.82) is 0 Å². The fourth-order valence-electron chi connectivity index (χ4n) is 2.80. The predicted molar refractivity (Wildman–Crippen MR) is 76.7 cm³/mol. The van der Waals surface area contributed by atoms with Crippen LogP contribution in [0.1, 0.15) is 59.5 Å². The Kier molecular flexibility index (Phi) is 3.97. The average Bonchev–Trinajstić information content (AvgIpc) is 2.38. The summed E-state index contributed by atoms with van der Waals surface area (Å²) in [4.78, 5) is 11.7. The van der Waals surface area contributed by atoms with Gasteiger partial charge in [-0.05, 0) is 30.4 Å². The zero-order valence-electron chi connectivity index (χ0n) is 10.3. The lowest BCUT2D eigenvalue weighted by Gasteiger charge is -2.25. The first-order valence-electron chi connectivity index (χ1n) is 6.33. The molecule has 0 aromatic heterocycles. The monoisotopic (exact) mass is 262 g/mol. The van der Waals surface area contributed by atoms with Crippen LogP contribution in [0.3, 0.4) is 0 Å². The number of benzene rings is 1. The van der Waals surface area contributed by atoms with Crippen molar-refractivity contribution in [1.82, 2.24) is 0 Å². The normalized spacial score (nSPS) is 16.4. The Morgan fingerprint density at radius 1 is 1.17 bits per heavy atom. The summed E-state index contributed by atoms with van der Waals surface area (Å²) < 4.78 is 0. The molecule has 18 heavy (non-hydrogen) atoms. The molecule has 0 spiro atoms. The van der Waals surface area contributed by atoms with E-state index in [4.69, 9.17) is 23.7 Å². The zero-order chi connectivity index (χ0) is 13.1. The molecule has 1 aromatic carbocycles. The van der Waals surface area contributed by atoms with E-state index >= 15 is 0 Å². The van der Waals surface area contributed by atoms with E-state index in [2.05, 4.69) is 0 Å². The van der Waals surface area contributed by atoms with Crippen LogP contribution in [0.5, 0.6) is 0 Å². The van der Waals surface area contributed by atoms with E-state index in [9.17, 15) is 4.79 Å². The third-order valence-corrected chi connectivity index (χ3v) is 3.86. The molecule has 0 bridgehead atoms. The summed E-state index contributed by atoms with van der Waals surface area (Å²) in [5.74, 6) is -0.00925. The number of hydrogen-bond acceptors (Lipinski definition) is 2. The first kappa shape index (κ1) is 13.0. The summed E-state index contributed by atoms with van der Waals surface area (Å²) in [6.45, 7) is 0. The van der Waals surface area contributed by atoms with Crippen LogP contribution in [-0.2, 0) is 0 Å². The topological polar surface area (TPSA) is 69.1 Å². The summed E-state index contributed by atoms with van der Waals surface area (Å²) in [7, 11) is 0. The quantitative estimate of drug-likeness (QED) is 0.822. The Hall–Kier alpha value is -1.42. The van der Waals surface area contributed by atoms with Gasteiger partial charge in [0.05, 0.1) is 0 Å². The number of thiocarbonyl (C=S) groups is 1. The average molecular weight is 262 g/mol. The molecule has 1 aromatic rings. The van der Waals surface area contributed by atoms with Crippen molar-refractivity contribution in [3.8, 4) is 0 Å². The lowest BCUT2D eigenvalue weighted by molar-refractivity contribution is 0.1000. The van der Waals surface area contributed by atoms with Gasteiger partial charge in [-0.3, -0.25) is 4.79 Å². The van der Waals surface area contributed by atoms with E-state index in [-0.39, 0.29) is 4.99 Å². The molecule has 0 saturated heterocycles. The molecular formula is C14H18N2OS. The molecule has 0 atom stereocenters. The number of carbonyl (C=O) groups is 1. The van der Waals surface area contributed by atoms with E-state index in [1.54, 1.807) is 6.07 Å². The van der Waals surface area contributed by atoms with Crippen molar-refractivity contribution in [3.05, 3.63) is 34.9 Å². The number of rotatable bonds is 3. The van der Waals surface area contributed by atoms with Gasteiger partial charge in [0.15, 0.2) is 0 Å². The van der Waals surface area contributed by atoms with Crippen LogP contribution in [0.25, 0.3) is 0 Å². The molecule has 0 aliphatic heterocycles. The number of primary amides is 1. The Morgan fingerprint density at radius 3 is 2.39 bits per heavy atom. The van der Waals surface area contributed by atoms with Crippen LogP contribution < -0.4 is 11.5 Å². The van der Waals surface area contributed by atoms with Crippen LogP contribution in [0, 0.1) is 0 Å². The third kappa shape index (κ3) is 2.53. The minimum atomic E-state index is -0.463. The van der Waals surface area contributed by atoms with Crippen LogP contribution in [0.2, 0.25) is 0 Å². The molecule has 4 N–H and O–H groups in total. The summed E-state index contributed by atoms with van der Waals surface area (Å²) in [6, 6.07) is 5.59. The van der Waals surface area contributed by atoms with E-state index in [0.29, 0.717) is 17.0 Å². The minimum absolute atomic E-state index is 0.268. The molecule has 1 amide bonds. The van der Waals surface area contributed by atoms with Gasteiger partial charge in [0.25, 0.3) is 0 Å². The summed E-state index contributed by atoms with van der Waals surface area (Å²) >= 11 is 5.10. The van der Waals surface area contributed by atoms with Crippen molar-refractivity contribution in [2.75, 3.05) is 0 Å². The summed E-state index contributed by atoms with van der Waals surface area (Å²) in [5.41, 5.74) is 13.4. The highest BCUT2D eigenvalue weighted by atomic mass is 32.1. The van der Waals surface area contributed by atoms with Gasteiger partial charge in [0.1, 0.15) is 4.99 Å². The third-order valence-electron chi connectivity index (χ3n) is 3.65. The van der Waals surface area contributed by atoms with Crippen LogP contribution in [0.4, 0.5) is 0 Å². The molecular weight excluding hydrogens is 244 g/mol. The van der Waals surface area contributed by atoms with Gasteiger partial charge >= 0.3 is 0 Å². The maximum Gasteiger partial charge on any atom is 0.249 e. The number of hydrogen-bond donors (Lipinski definition) is 2. The maximum atomic E-state index is 11.5. The highest BCUT2D eigenvalue weighted by molar-refractivity contribution is 7.80. The molecule has 0 heterocycles. The van der Waals surface area contributed by atoms with Gasteiger partial charge in [0.2, 0.25) is 5.91 Å². The molecule has 2 rings (SSSR count). The van der Waals surface area contributed by atoms with E-state index in [1.165, 1.54) is 19.3 Å². The predicted octanol–water partition coefficient (Wildman–Crippen LogP) is 2.47. The molecule has 1 saturated carbocycles. The standard InChI is InChI=1S/C14H18N2OS/c15-13(17)11-8-4-7-10(12(11)14(16)18)9-5-2-1-3-6-9/h4,7-9H,1-3,5-6H2,(H2,15,17)(H2,16,18). The summed E-state index contributed by atoms with van der Waals surface area (Å²) in [5, 5.41) is 0. The van der Waals surface area contributed by atoms with Crippen LogP contribution >= 0.6 is 12.2 Å². The van der Waals surface area contributed by atoms with Crippen molar-refractivity contribution in [2.24, 2.45) is 11.5 Å². The second-order valence-corrected chi connectivity index (χ2v) is 5.27. The zero-order valence-corrected chi connectivity index (χ0v) is 11.1. The first-order chi connectivity index (χ1) is 8.61. The van der Waals surface area contributed by atoms with E-state index in [1.807, 2.05) is 12.1 Å². The SMILES string of the molecule is NC(=O)c1cccc(C2CCCCC2)c1C(N)=S. The molecule has 1 aliphatic carbocycles. The number of carbonyl (C=O) groups excluding carboxylic acids is 1. The van der Waals surface area contributed by atoms with Gasteiger partial charge in [-0.25, -0.2) is 0 Å². The lowest BCUT2D eigenvalue weighted by Crippen LogP contribution is -2.23. The highest BCUT2D eigenvalue weighted by Crippen LogP contribution is 2.35. The Morgan fingerprint density at radius 2 is 1.83 bits per heavy atom. The fourth-order valence-corrected chi connectivity index (χ4v) is 3.03. The second-order valence-electron chi connectivity index (χ2n) is 4.83. The highest BCUT2D eigenvalue weighted by Gasteiger charge is 2.22. The molecule has 3 nitrogen and oxygen atoms in total. The molecule has 96 valence electrons. The minimum Gasteiger partial charge on any atom is -0.389 e. The van der Waals surface area contributed by atoms with E-state index < -0.39 is 5.91 Å². The first-order valence-corrected chi connectivity index (χ1v) is 6.74. The smallest absolute Gasteiger partial charge is 0.249 e.